The number of aryl methyl sites for hydroxylation is 1. The molecule has 0 bridgehead atoms. The van der Waals surface area contributed by atoms with Crippen molar-refractivity contribution < 1.29 is 9.59 Å². The molecule has 144 valence electrons. The summed E-state index contributed by atoms with van der Waals surface area (Å²) in [6.45, 7) is 5.56. The standard InChI is InChI=1S/C22H24N4O2/c1-15-8-7-12-25(14-15)22(28)19-18-11-5-6-13-26(18)20(24-19)21(27)23-17-10-4-3-9-16(17)2/h3-6,9-11,13,15H,7-8,12,14H2,1-2H3,(H,23,27). The summed E-state index contributed by atoms with van der Waals surface area (Å²) in [5.74, 6) is 0.259. The van der Waals surface area contributed by atoms with E-state index in [2.05, 4.69) is 17.2 Å². The number of fused-ring (bicyclic) bond motifs is 1. The molecule has 1 unspecified atom stereocenters. The Balaban J connectivity index is 1.69. The van der Waals surface area contributed by atoms with E-state index in [1.807, 2.05) is 54.3 Å². The van der Waals surface area contributed by atoms with Crippen molar-refractivity contribution in [3.05, 3.63) is 65.7 Å². The van der Waals surface area contributed by atoms with Crippen LogP contribution < -0.4 is 5.32 Å². The number of benzene rings is 1. The number of pyridine rings is 1. The summed E-state index contributed by atoms with van der Waals surface area (Å²) in [6.07, 6.45) is 3.90. The largest absolute Gasteiger partial charge is 0.337 e. The number of amides is 2. The molecule has 1 N–H and O–H groups in total. The number of hydrogen-bond acceptors (Lipinski definition) is 3. The van der Waals surface area contributed by atoms with Gasteiger partial charge < -0.3 is 10.2 Å². The zero-order valence-corrected chi connectivity index (χ0v) is 16.2. The van der Waals surface area contributed by atoms with Crippen LogP contribution in [0.5, 0.6) is 0 Å². The summed E-state index contributed by atoms with van der Waals surface area (Å²) in [5, 5.41) is 2.91. The van der Waals surface area contributed by atoms with E-state index in [4.69, 9.17) is 0 Å². The van der Waals surface area contributed by atoms with Gasteiger partial charge in [0.05, 0.1) is 5.52 Å². The highest BCUT2D eigenvalue weighted by atomic mass is 16.2. The van der Waals surface area contributed by atoms with Gasteiger partial charge in [0.2, 0.25) is 5.82 Å². The van der Waals surface area contributed by atoms with Crippen LogP contribution in [-0.2, 0) is 0 Å². The molecule has 0 saturated carbocycles. The minimum Gasteiger partial charge on any atom is -0.337 e. The zero-order chi connectivity index (χ0) is 19.7. The summed E-state index contributed by atoms with van der Waals surface area (Å²) in [7, 11) is 0. The number of carbonyl (C=O) groups is 2. The van der Waals surface area contributed by atoms with Gasteiger partial charge in [-0.2, -0.15) is 0 Å². The van der Waals surface area contributed by atoms with Crippen molar-refractivity contribution in [2.24, 2.45) is 5.92 Å². The van der Waals surface area contributed by atoms with Crippen LogP contribution in [-0.4, -0.2) is 39.2 Å². The Hall–Kier alpha value is -3.15. The summed E-state index contributed by atoms with van der Waals surface area (Å²) < 4.78 is 1.69. The molecule has 1 aliphatic rings. The van der Waals surface area contributed by atoms with Crippen LogP contribution in [0.25, 0.3) is 5.52 Å². The second-order valence-electron chi connectivity index (χ2n) is 7.51. The van der Waals surface area contributed by atoms with E-state index < -0.39 is 0 Å². The molecular weight excluding hydrogens is 352 g/mol. The molecule has 0 radical (unpaired) electrons. The van der Waals surface area contributed by atoms with E-state index in [0.29, 0.717) is 17.1 Å². The molecule has 1 aromatic carbocycles. The van der Waals surface area contributed by atoms with Crippen molar-refractivity contribution >= 4 is 23.0 Å². The molecule has 6 nitrogen and oxygen atoms in total. The molecule has 3 heterocycles. The molecule has 4 rings (SSSR count). The summed E-state index contributed by atoms with van der Waals surface area (Å²) >= 11 is 0. The lowest BCUT2D eigenvalue weighted by molar-refractivity contribution is 0.0679. The number of nitrogens with one attached hydrogen (secondary N) is 1. The number of likely N-dealkylation sites (tertiary alicyclic amines) is 1. The van der Waals surface area contributed by atoms with Gasteiger partial charge in [0.25, 0.3) is 11.8 Å². The van der Waals surface area contributed by atoms with Crippen molar-refractivity contribution in [2.45, 2.75) is 26.7 Å². The first-order valence-electron chi connectivity index (χ1n) is 9.68. The van der Waals surface area contributed by atoms with E-state index in [1.54, 1.807) is 10.6 Å². The van der Waals surface area contributed by atoms with Crippen LogP contribution in [0, 0.1) is 12.8 Å². The zero-order valence-electron chi connectivity index (χ0n) is 16.2. The molecule has 1 fully saturated rings. The van der Waals surface area contributed by atoms with Gasteiger partial charge in [-0.25, -0.2) is 4.98 Å². The number of hydrogen-bond donors (Lipinski definition) is 1. The summed E-state index contributed by atoms with van der Waals surface area (Å²) in [5.41, 5.74) is 2.69. The molecule has 6 heteroatoms. The van der Waals surface area contributed by atoms with E-state index in [0.717, 1.165) is 37.2 Å². The lowest BCUT2D eigenvalue weighted by atomic mass is 10.00. The number of nitrogens with zero attached hydrogens (tertiary/aromatic N) is 3. The van der Waals surface area contributed by atoms with Crippen LogP contribution >= 0.6 is 0 Å². The van der Waals surface area contributed by atoms with Gasteiger partial charge in [0, 0.05) is 25.0 Å². The fourth-order valence-corrected chi connectivity index (χ4v) is 3.77. The van der Waals surface area contributed by atoms with Gasteiger partial charge >= 0.3 is 0 Å². The van der Waals surface area contributed by atoms with E-state index in [1.165, 1.54) is 0 Å². The predicted molar refractivity (Wildman–Crippen MR) is 109 cm³/mol. The molecule has 0 spiro atoms. The van der Waals surface area contributed by atoms with E-state index in [-0.39, 0.29) is 17.6 Å². The fourth-order valence-electron chi connectivity index (χ4n) is 3.77. The Labute approximate surface area is 164 Å². The van der Waals surface area contributed by atoms with Crippen molar-refractivity contribution in [3.8, 4) is 0 Å². The van der Waals surface area contributed by atoms with Crippen LogP contribution in [0.15, 0.2) is 48.7 Å². The highest BCUT2D eigenvalue weighted by Crippen LogP contribution is 2.22. The van der Waals surface area contributed by atoms with Gasteiger partial charge in [-0.05, 0) is 49.4 Å². The van der Waals surface area contributed by atoms with Crippen molar-refractivity contribution in [1.82, 2.24) is 14.3 Å². The highest BCUT2D eigenvalue weighted by molar-refractivity contribution is 6.06. The second-order valence-corrected chi connectivity index (χ2v) is 7.51. The third kappa shape index (κ3) is 3.38. The van der Waals surface area contributed by atoms with Gasteiger partial charge in [0.15, 0.2) is 5.69 Å². The lowest BCUT2D eigenvalue weighted by Gasteiger charge is -2.30. The average Bonchev–Trinajstić information content (AvgIpc) is 3.09. The molecule has 1 saturated heterocycles. The SMILES string of the molecule is Cc1ccccc1NC(=O)c1nc(C(=O)N2CCCC(C)C2)c2ccccn12. The topological polar surface area (TPSA) is 66.7 Å². The van der Waals surface area contributed by atoms with Crippen LogP contribution in [0.3, 0.4) is 0 Å². The van der Waals surface area contributed by atoms with E-state index in [9.17, 15) is 9.59 Å². The van der Waals surface area contributed by atoms with Crippen LogP contribution in [0.4, 0.5) is 5.69 Å². The second kappa shape index (κ2) is 7.46. The Kier molecular flexibility index (Phi) is 4.86. The first kappa shape index (κ1) is 18.2. The number of rotatable bonds is 3. The summed E-state index contributed by atoms with van der Waals surface area (Å²) in [4.78, 5) is 32.4. The normalized spacial score (nSPS) is 16.9. The first-order valence-corrected chi connectivity index (χ1v) is 9.68. The number of carbonyl (C=O) groups excluding carboxylic acids is 2. The molecule has 2 aromatic heterocycles. The first-order chi connectivity index (χ1) is 13.5. The average molecular weight is 376 g/mol. The number of aromatic nitrogens is 2. The Morgan fingerprint density at radius 2 is 1.93 bits per heavy atom. The lowest BCUT2D eigenvalue weighted by Crippen LogP contribution is -2.39. The predicted octanol–water partition coefficient (Wildman–Crippen LogP) is 3.77. The molecule has 2 amide bonds. The minimum atomic E-state index is -0.332. The third-order valence-electron chi connectivity index (χ3n) is 5.29. The van der Waals surface area contributed by atoms with Crippen LogP contribution in [0.1, 0.15) is 46.4 Å². The smallest absolute Gasteiger partial charge is 0.292 e. The molecule has 0 aliphatic carbocycles. The molecular formula is C22H24N4O2. The molecule has 3 aromatic rings. The van der Waals surface area contributed by atoms with Crippen molar-refractivity contribution in [2.75, 3.05) is 18.4 Å². The Morgan fingerprint density at radius 3 is 2.71 bits per heavy atom. The van der Waals surface area contributed by atoms with Gasteiger partial charge in [-0.3, -0.25) is 14.0 Å². The number of anilines is 1. The van der Waals surface area contributed by atoms with Crippen molar-refractivity contribution in [1.29, 1.82) is 0 Å². The fraction of sp³-hybridized carbons (Fsp3) is 0.318. The molecule has 1 aliphatic heterocycles. The highest BCUT2D eigenvalue weighted by Gasteiger charge is 2.27. The number of imidazole rings is 1. The Morgan fingerprint density at radius 1 is 1.14 bits per heavy atom. The Bertz CT molecular complexity index is 1040. The summed E-state index contributed by atoms with van der Waals surface area (Å²) in [6, 6.07) is 13.1. The minimum absolute atomic E-state index is 0.106. The number of para-hydroxylation sites is 1. The van der Waals surface area contributed by atoms with E-state index >= 15 is 0 Å². The third-order valence-corrected chi connectivity index (χ3v) is 5.29. The monoisotopic (exact) mass is 376 g/mol. The van der Waals surface area contributed by atoms with Crippen LogP contribution in [0.2, 0.25) is 0 Å². The van der Waals surface area contributed by atoms with Gasteiger partial charge in [-0.1, -0.05) is 31.2 Å². The maximum Gasteiger partial charge on any atom is 0.292 e. The number of piperidine rings is 1. The molecule has 1 atom stereocenters. The maximum absolute atomic E-state index is 13.1. The van der Waals surface area contributed by atoms with Crippen molar-refractivity contribution in [3.63, 3.8) is 0 Å². The quantitative estimate of drug-likeness (QED) is 0.757. The maximum atomic E-state index is 13.1. The molecule has 28 heavy (non-hydrogen) atoms. The van der Waals surface area contributed by atoms with Gasteiger partial charge in [-0.15, -0.1) is 0 Å². The van der Waals surface area contributed by atoms with Gasteiger partial charge in [0.1, 0.15) is 0 Å².